The smallest absolute Gasteiger partial charge is 0.409 e. The van der Waals surface area contributed by atoms with E-state index in [1.54, 1.807) is 23.9 Å². The highest BCUT2D eigenvalue weighted by Gasteiger charge is 2.24. The van der Waals surface area contributed by atoms with Crippen molar-refractivity contribution in [1.29, 1.82) is 0 Å². The molecule has 9 heteroatoms. The Kier molecular flexibility index (Phi) is 12.3. The fraction of sp³-hybridized carbons (Fsp3) is 0.591. The van der Waals surface area contributed by atoms with Crippen molar-refractivity contribution in [3.63, 3.8) is 0 Å². The highest BCUT2D eigenvalue weighted by atomic mass is 127. The van der Waals surface area contributed by atoms with Crippen molar-refractivity contribution in [3.8, 4) is 0 Å². The first kappa shape index (κ1) is 27.0. The number of carbonyl (C=O) groups excluding carboxylic acids is 2. The number of piperidine rings is 1. The number of rotatable bonds is 7. The molecule has 1 fully saturated rings. The van der Waals surface area contributed by atoms with Crippen LogP contribution in [0.3, 0.4) is 0 Å². The molecule has 8 nitrogen and oxygen atoms in total. The molecule has 2 N–H and O–H groups in total. The average molecular weight is 545 g/mol. The molecule has 0 radical (unpaired) electrons. The van der Waals surface area contributed by atoms with Crippen molar-refractivity contribution < 1.29 is 14.3 Å². The van der Waals surface area contributed by atoms with Crippen molar-refractivity contribution in [2.45, 2.75) is 39.2 Å². The van der Waals surface area contributed by atoms with Gasteiger partial charge in [-0.2, -0.15) is 0 Å². The fourth-order valence-electron chi connectivity index (χ4n) is 3.35. The molecule has 0 bridgehead atoms. The second-order valence-corrected chi connectivity index (χ2v) is 7.52. The van der Waals surface area contributed by atoms with Crippen molar-refractivity contribution in [2.24, 2.45) is 4.99 Å². The number of carbonyl (C=O) groups is 2. The molecule has 0 aromatic heterocycles. The summed E-state index contributed by atoms with van der Waals surface area (Å²) in [6.07, 6.45) is 2.24. The molecule has 0 spiro atoms. The molecule has 1 aliphatic rings. The van der Waals surface area contributed by atoms with Crippen LogP contribution in [0.15, 0.2) is 29.3 Å². The van der Waals surface area contributed by atoms with Crippen LogP contribution in [0.5, 0.6) is 0 Å². The van der Waals surface area contributed by atoms with Gasteiger partial charge in [0, 0.05) is 51.9 Å². The summed E-state index contributed by atoms with van der Waals surface area (Å²) in [5.41, 5.74) is 1.78. The van der Waals surface area contributed by atoms with Crippen LogP contribution in [0.25, 0.3) is 0 Å². The maximum Gasteiger partial charge on any atom is 0.409 e. The van der Waals surface area contributed by atoms with Crippen LogP contribution >= 0.6 is 24.0 Å². The van der Waals surface area contributed by atoms with Crippen LogP contribution in [0.1, 0.15) is 42.6 Å². The monoisotopic (exact) mass is 545 g/mol. The Bertz CT molecular complexity index is 734. The number of aliphatic imine (C=N–C) groups is 1. The van der Waals surface area contributed by atoms with E-state index in [1.807, 2.05) is 38.1 Å². The summed E-state index contributed by atoms with van der Waals surface area (Å²) >= 11 is 0. The van der Waals surface area contributed by atoms with Gasteiger partial charge in [-0.15, -0.1) is 24.0 Å². The third-order valence-electron chi connectivity index (χ3n) is 4.96. The minimum absolute atomic E-state index is 0. The summed E-state index contributed by atoms with van der Waals surface area (Å²) in [5.74, 6) is 0.789. The van der Waals surface area contributed by atoms with E-state index in [1.165, 1.54) is 0 Å². The minimum atomic E-state index is -0.230. The lowest BCUT2D eigenvalue weighted by molar-refractivity contribution is 0.0827. The molecule has 2 amide bonds. The number of amides is 2. The molecule has 174 valence electrons. The first-order valence-corrected chi connectivity index (χ1v) is 10.7. The van der Waals surface area contributed by atoms with E-state index in [4.69, 9.17) is 4.74 Å². The number of nitrogens with one attached hydrogen (secondary N) is 2. The number of hydrogen-bond acceptors (Lipinski definition) is 4. The van der Waals surface area contributed by atoms with Gasteiger partial charge in [0.05, 0.1) is 6.61 Å². The summed E-state index contributed by atoms with van der Waals surface area (Å²) in [6, 6.07) is 7.98. The van der Waals surface area contributed by atoms with Gasteiger partial charge in [-0.1, -0.05) is 12.1 Å². The highest BCUT2D eigenvalue weighted by Crippen LogP contribution is 2.12. The maximum absolute atomic E-state index is 12.1. The van der Waals surface area contributed by atoms with Gasteiger partial charge in [-0.3, -0.25) is 9.79 Å². The molecule has 1 aliphatic heterocycles. The summed E-state index contributed by atoms with van der Waals surface area (Å²) in [7, 11) is 3.51. The molecule has 0 saturated carbocycles. The second kappa shape index (κ2) is 14.1. The van der Waals surface area contributed by atoms with Gasteiger partial charge < -0.3 is 25.2 Å². The fourth-order valence-corrected chi connectivity index (χ4v) is 3.35. The van der Waals surface area contributed by atoms with Gasteiger partial charge in [0.1, 0.15) is 0 Å². The van der Waals surface area contributed by atoms with Gasteiger partial charge in [0.2, 0.25) is 0 Å². The Hall–Kier alpha value is -2.04. The number of guanidine groups is 1. The van der Waals surface area contributed by atoms with E-state index in [9.17, 15) is 9.59 Å². The number of likely N-dealkylation sites (tertiary alicyclic amines) is 1. The number of halogens is 1. The molecule has 0 aliphatic carbocycles. The Balaban J connectivity index is 0.00000480. The zero-order valence-electron chi connectivity index (χ0n) is 19.0. The highest BCUT2D eigenvalue weighted by molar-refractivity contribution is 14.0. The predicted octanol–water partition coefficient (Wildman–Crippen LogP) is 2.72. The summed E-state index contributed by atoms with van der Waals surface area (Å²) in [6.45, 7) is 7.03. The van der Waals surface area contributed by atoms with Crippen LogP contribution in [-0.2, 0) is 11.2 Å². The van der Waals surface area contributed by atoms with E-state index in [0.29, 0.717) is 31.8 Å². The van der Waals surface area contributed by atoms with E-state index < -0.39 is 0 Å². The first-order valence-electron chi connectivity index (χ1n) is 10.7. The third-order valence-corrected chi connectivity index (χ3v) is 4.96. The lowest BCUT2D eigenvalue weighted by Crippen LogP contribution is -2.50. The number of hydrogen-bond donors (Lipinski definition) is 2. The molecule has 2 rings (SSSR count). The number of benzene rings is 1. The van der Waals surface area contributed by atoms with Crippen LogP contribution < -0.4 is 10.6 Å². The zero-order chi connectivity index (χ0) is 21.9. The molecule has 1 aromatic carbocycles. The quantitative estimate of drug-likeness (QED) is 0.313. The Labute approximate surface area is 202 Å². The van der Waals surface area contributed by atoms with Crippen molar-refractivity contribution in [2.75, 3.05) is 46.9 Å². The molecular formula is C22H36IN5O3. The van der Waals surface area contributed by atoms with Crippen molar-refractivity contribution in [3.05, 3.63) is 35.4 Å². The van der Waals surface area contributed by atoms with E-state index in [0.717, 1.165) is 37.3 Å². The normalized spacial score (nSPS) is 14.5. The lowest BCUT2D eigenvalue weighted by atomic mass is 10.1. The summed E-state index contributed by atoms with van der Waals surface area (Å²) < 4.78 is 5.07. The average Bonchev–Trinajstić information content (AvgIpc) is 2.74. The van der Waals surface area contributed by atoms with Gasteiger partial charge in [-0.25, -0.2) is 4.79 Å². The van der Waals surface area contributed by atoms with Crippen LogP contribution in [0, 0.1) is 0 Å². The predicted molar refractivity (Wildman–Crippen MR) is 134 cm³/mol. The van der Waals surface area contributed by atoms with Gasteiger partial charge >= 0.3 is 6.09 Å². The number of nitrogens with zero attached hydrogens (tertiary/aromatic N) is 3. The largest absolute Gasteiger partial charge is 0.450 e. The van der Waals surface area contributed by atoms with Crippen molar-refractivity contribution >= 4 is 41.9 Å². The maximum atomic E-state index is 12.1. The molecule has 1 saturated heterocycles. The zero-order valence-corrected chi connectivity index (χ0v) is 21.3. The molecular weight excluding hydrogens is 509 g/mol. The van der Waals surface area contributed by atoms with Gasteiger partial charge in [0.25, 0.3) is 5.91 Å². The van der Waals surface area contributed by atoms with Gasteiger partial charge in [0.15, 0.2) is 5.96 Å². The Morgan fingerprint density at radius 3 is 2.55 bits per heavy atom. The van der Waals surface area contributed by atoms with Crippen molar-refractivity contribution in [1.82, 2.24) is 20.4 Å². The molecule has 31 heavy (non-hydrogen) atoms. The standard InChI is InChI=1S/C22H35N5O3.HI/c1-5-23-21(25-19-11-14-27(15-12-19)22(29)30-6-2)24-13-10-17-8-7-9-18(16-17)20(28)26(3)4;/h7-9,16,19H,5-6,10-15H2,1-4H3,(H2,23,24,25);1H. The van der Waals surface area contributed by atoms with Crippen LogP contribution in [0.4, 0.5) is 4.79 Å². The topological polar surface area (TPSA) is 86.3 Å². The molecule has 0 unspecified atom stereocenters. The number of ether oxygens (including phenoxy) is 1. The van der Waals surface area contributed by atoms with E-state index in [2.05, 4.69) is 15.6 Å². The second-order valence-electron chi connectivity index (χ2n) is 7.52. The Morgan fingerprint density at radius 1 is 1.23 bits per heavy atom. The summed E-state index contributed by atoms with van der Waals surface area (Å²) in [5, 5.41) is 6.77. The Morgan fingerprint density at radius 2 is 1.94 bits per heavy atom. The third kappa shape index (κ3) is 8.92. The van der Waals surface area contributed by atoms with Crippen LogP contribution in [0.2, 0.25) is 0 Å². The van der Waals surface area contributed by atoms with Crippen LogP contribution in [-0.4, -0.2) is 80.7 Å². The summed E-state index contributed by atoms with van der Waals surface area (Å²) in [4.78, 5) is 32.0. The lowest BCUT2D eigenvalue weighted by Gasteiger charge is -2.32. The molecule has 0 atom stereocenters. The molecule has 1 aromatic rings. The van der Waals surface area contributed by atoms with E-state index >= 15 is 0 Å². The van der Waals surface area contributed by atoms with Gasteiger partial charge in [-0.05, 0) is 50.8 Å². The first-order chi connectivity index (χ1) is 14.4. The van der Waals surface area contributed by atoms with E-state index in [-0.39, 0.29) is 42.0 Å². The molecule has 1 heterocycles. The SMILES string of the molecule is CCNC(=NCCc1cccc(C(=O)N(C)C)c1)NC1CCN(C(=O)OCC)CC1.I. The minimum Gasteiger partial charge on any atom is -0.450 e.